The Kier molecular flexibility index (Phi) is 2.64. The number of rotatable bonds is 1. The molecule has 0 saturated carbocycles. The topological polar surface area (TPSA) is 63.1 Å². The minimum Gasteiger partial charge on any atom is -0.372 e. The van der Waals surface area contributed by atoms with E-state index in [1.165, 1.54) is 12.2 Å². The summed E-state index contributed by atoms with van der Waals surface area (Å²) in [5, 5.41) is 0.748. The first-order chi connectivity index (χ1) is 6.19. The lowest BCUT2D eigenvalue weighted by molar-refractivity contribution is 0.440. The molecule has 0 fully saturated rings. The van der Waals surface area contributed by atoms with E-state index in [4.69, 9.17) is 0 Å². The minimum atomic E-state index is -0.760. The Hall–Kier alpha value is -1.84. The normalized spacial score (nSPS) is 13.3. The molecule has 0 saturated heterocycles. The van der Waals surface area contributed by atoms with Crippen LogP contribution >= 0.6 is 0 Å². The number of aromatic amines is 1. The fraction of sp³-hybridized carbons (Fsp3) is 0.111. The molecule has 0 aliphatic heterocycles. The van der Waals surface area contributed by atoms with E-state index in [0.717, 1.165) is 0 Å². The van der Waals surface area contributed by atoms with E-state index in [0.29, 0.717) is 10.6 Å². The van der Waals surface area contributed by atoms with Crippen LogP contribution in [0.2, 0.25) is 0 Å². The Balaban J connectivity index is 3.91. The Morgan fingerprint density at radius 2 is 2.15 bits per heavy atom. The van der Waals surface area contributed by atoms with Crippen molar-refractivity contribution in [2.45, 2.75) is 6.92 Å². The van der Waals surface area contributed by atoms with Crippen molar-refractivity contribution in [2.75, 3.05) is 0 Å². The van der Waals surface area contributed by atoms with Crippen LogP contribution in [0.25, 0.3) is 12.2 Å². The van der Waals surface area contributed by atoms with Crippen LogP contribution in [0.15, 0.2) is 26.7 Å². The van der Waals surface area contributed by atoms with Gasteiger partial charge >= 0.3 is 11.4 Å². The van der Waals surface area contributed by atoms with Gasteiger partial charge < -0.3 is 4.42 Å². The molecule has 0 bridgehead atoms. The number of nitrogens with one attached hydrogen (secondary N) is 1. The molecule has 0 radical (unpaired) electrons. The third-order valence-corrected chi connectivity index (χ3v) is 1.51. The molecule has 1 heterocycles. The summed E-state index contributed by atoms with van der Waals surface area (Å²) in [6, 6.07) is 0. The highest BCUT2D eigenvalue weighted by Gasteiger charge is 1.94. The van der Waals surface area contributed by atoms with E-state index in [1.54, 1.807) is 13.0 Å². The Morgan fingerprint density at radius 3 is 2.69 bits per heavy atom. The predicted octanol–water partition coefficient (Wildman–Crippen LogP) is -0.905. The fourth-order valence-electron chi connectivity index (χ4n) is 0.975. The fourth-order valence-corrected chi connectivity index (χ4v) is 0.975. The SMILES string of the molecule is C=C/C=c1/[nH]c(=O)oc(=O)/c1=C/C. The van der Waals surface area contributed by atoms with Crippen LogP contribution in [-0.2, 0) is 0 Å². The molecule has 4 heteroatoms. The lowest BCUT2D eigenvalue weighted by Gasteiger charge is -1.85. The maximum absolute atomic E-state index is 11.1. The van der Waals surface area contributed by atoms with Crippen LogP contribution in [0.1, 0.15) is 6.92 Å². The van der Waals surface area contributed by atoms with E-state index in [-0.39, 0.29) is 0 Å². The molecule has 1 rings (SSSR count). The van der Waals surface area contributed by atoms with Gasteiger partial charge in [-0.25, -0.2) is 9.59 Å². The summed E-state index contributed by atoms with van der Waals surface area (Å²) < 4.78 is 4.33. The molecule has 0 unspecified atom stereocenters. The molecule has 68 valence electrons. The zero-order chi connectivity index (χ0) is 9.84. The zero-order valence-electron chi connectivity index (χ0n) is 7.16. The Labute approximate surface area is 73.5 Å². The summed E-state index contributed by atoms with van der Waals surface area (Å²) in [6.07, 6.45) is 4.59. The average Bonchev–Trinajstić information content (AvgIpc) is 2.04. The molecule has 1 N–H and O–H groups in total. The van der Waals surface area contributed by atoms with Crippen LogP contribution in [0.3, 0.4) is 0 Å². The van der Waals surface area contributed by atoms with E-state index in [9.17, 15) is 9.59 Å². The molecule has 0 aromatic carbocycles. The van der Waals surface area contributed by atoms with Crippen molar-refractivity contribution >= 4 is 12.2 Å². The van der Waals surface area contributed by atoms with Crippen molar-refractivity contribution in [1.29, 1.82) is 0 Å². The summed E-state index contributed by atoms with van der Waals surface area (Å²) in [5.41, 5.74) is -0.639. The van der Waals surface area contributed by atoms with Crippen molar-refractivity contribution in [2.24, 2.45) is 0 Å². The molecule has 0 spiro atoms. The van der Waals surface area contributed by atoms with Gasteiger partial charge in [-0.05, 0) is 13.0 Å². The molecular formula is C9H9NO3. The second-order valence-corrected chi connectivity index (χ2v) is 2.32. The van der Waals surface area contributed by atoms with E-state index < -0.39 is 11.4 Å². The zero-order valence-corrected chi connectivity index (χ0v) is 7.16. The maximum Gasteiger partial charge on any atom is 0.419 e. The van der Waals surface area contributed by atoms with Crippen molar-refractivity contribution in [1.82, 2.24) is 4.98 Å². The van der Waals surface area contributed by atoms with Crippen LogP contribution in [0, 0.1) is 0 Å². The quantitative estimate of drug-likeness (QED) is 0.607. The van der Waals surface area contributed by atoms with Gasteiger partial charge in [0.2, 0.25) is 0 Å². The van der Waals surface area contributed by atoms with E-state index in [1.807, 2.05) is 0 Å². The lowest BCUT2D eigenvalue weighted by atomic mass is 10.3. The van der Waals surface area contributed by atoms with Crippen molar-refractivity contribution in [3.63, 3.8) is 0 Å². The molecule has 13 heavy (non-hydrogen) atoms. The van der Waals surface area contributed by atoms with Gasteiger partial charge in [0.1, 0.15) is 0 Å². The molecule has 4 nitrogen and oxygen atoms in total. The standard InChI is InChI=1S/C9H9NO3/c1-3-5-7-6(4-2)8(11)13-9(12)10-7/h3-5H,1H2,2H3,(H,10,12)/b6-4+,7-5+. The van der Waals surface area contributed by atoms with Gasteiger partial charge in [-0.15, -0.1) is 0 Å². The van der Waals surface area contributed by atoms with Crippen LogP contribution in [-0.4, -0.2) is 4.98 Å². The van der Waals surface area contributed by atoms with Gasteiger partial charge in [0.05, 0.1) is 10.6 Å². The van der Waals surface area contributed by atoms with Gasteiger partial charge in [0, 0.05) is 0 Å². The first-order valence-electron chi connectivity index (χ1n) is 3.71. The highest BCUT2D eigenvalue weighted by Crippen LogP contribution is 1.59. The molecule has 0 amide bonds. The molecule has 0 atom stereocenters. The number of hydrogen-bond donors (Lipinski definition) is 1. The Morgan fingerprint density at radius 1 is 1.46 bits per heavy atom. The third kappa shape index (κ3) is 1.84. The lowest BCUT2D eigenvalue weighted by Crippen LogP contribution is -2.44. The Bertz CT molecular complexity index is 533. The molecule has 0 aliphatic carbocycles. The summed E-state index contributed by atoms with van der Waals surface area (Å²) >= 11 is 0. The van der Waals surface area contributed by atoms with Gasteiger partial charge in [-0.1, -0.05) is 18.7 Å². The second kappa shape index (κ2) is 3.71. The van der Waals surface area contributed by atoms with Gasteiger partial charge in [0.15, 0.2) is 0 Å². The maximum atomic E-state index is 11.1. The van der Waals surface area contributed by atoms with Crippen molar-refractivity contribution < 1.29 is 4.42 Å². The first-order valence-corrected chi connectivity index (χ1v) is 3.71. The largest absolute Gasteiger partial charge is 0.419 e. The van der Waals surface area contributed by atoms with Crippen molar-refractivity contribution in [3.8, 4) is 0 Å². The van der Waals surface area contributed by atoms with E-state index in [2.05, 4.69) is 16.0 Å². The summed E-state index contributed by atoms with van der Waals surface area (Å²) in [7, 11) is 0. The summed E-state index contributed by atoms with van der Waals surface area (Å²) in [6.45, 7) is 5.15. The van der Waals surface area contributed by atoms with Gasteiger partial charge in [0.25, 0.3) is 0 Å². The van der Waals surface area contributed by atoms with Gasteiger partial charge in [-0.3, -0.25) is 4.98 Å². The molecule has 1 aromatic rings. The molecule has 1 aromatic heterocycles. The number of aromatic nitrogens is 1. The monoisotopic (exact) mass is 179 g/mol. The van der Waals surface area contributed by atoms with Crippen molar-refractivity contribution in [3.05, 3.63) is 44.2 Å². The molecule has 0 aliphatic rings. The smallest absolute Gasteiger partial charge is 0.372 e. The predicted molar refractivity (Wildman–Crippen MR) is 49.6 cm³/mol. The van der Waals surface area contributed by atoms with E-state index >= 15 is 0 Å². The number of hydrogen-bond acceptors (Lipinski definition) is 3. The van der Waals surface area contributed by atoms with Crippen LogP contribution < -0.4 is 21.9 Å². The second-order valence-electron chi connectivity index (χ2n) is 2.32. The summed E-state index contributed by atoms with van der Waals surface area (Å²) in [5.74, 6) is -0.760. The highest BCUT2D eigenvalue weighted by molar-refractivity contribution is 5.34. The minimum absolute atomic E-state index is 0.333. The number of allylic oxidation sites excluding steroid dienone is 1. The summed E-state index contributed by atoms with van der Waals surface area (Å²) in [4.78, 5) is 24.2. The van der Waals surface area contributed by atoms with Gasteiger partial charge in [-0.2, -0.15) is 0 Å². The highest BCUT2D eigenvalue weighted by atomic mass is 16.4. The number of H-pyrrole nitrogens is 1. The first kappa shape index (κ1) is 9.25. The van der Waals surface area contributed by atoms with Crippen LogP contribution in [0.4, 0.5) is 0 Å². The third-order valence-electron chi connectivity index (χ3n) is 1.51. The van der Waals surface area contributed by atoms with Crippen LogP contribution in [0.5, 0.6) is 0 Å². The average molecular weight is 179 g/mol. The molecular weight excluding hydrogens is 170 g/mol.